The van der Waals surface area contributed by atoms with E-state index in [0.29, 0.717) is 0 Å². The van der Waals surface area contributed by atoms with Crippen molar-refractivity contribution in [3.63, 3.8) is 0 Å². The third-order valence-corrected chi connectivity index (χ3v) is 5.11. The van der Waals surface area contributed by atoms with Crippen LogP contribution in [-0.2, 0) is 19.4 Å². The van der Waals surface area contributed by atoms with E-state index in [1.54, 1.807) is 11.3 Å². The van der Waals surface area contributed by atoms with E-state index in [1.807, 2.05) is 4.68 Å². The number of nitrogens with two attached hydrogens (primary N) is 1. The molecule has 0 spiro atoms. The zero-order valence-electron chi connectivity index (χ0n) is 11.2. The van der Waals surface area contributed by atoms with Gasteiger partial charge in [-0.2, -0.15) is 5.10 Å². The van der Waals surface area contributed by atoms with Crippen LogP contribution < -0.4 is 11.3 Å². The van der Waals surface area contributed by atoms with Crippen LogP contribution in [0.4, 0.5) is 0 Å². The van der Waals surface area contributed by atoms with E-state index >= 15 is 0 Å². The van der Waals surface area contributed by atoms with Gasteiger partial charge in [0.2, 0.25) is 0 Å². The first-order chi connectivity index (χ1) is 9.19. The highest BCUT2D eigenvalue weighted by molar-refractivity contribution is 9.10. The van der Waals surface area contributed by atoms with E-state index in [0.717, 1.165) is 35.2 Å². The number of hydrogen-bond donors (Lipinski definition) is 2. The molecule has 104 valence electrons. The third kappa shape index (κ3) is 3.25. The van der Waals surface area contributed by atoms with Crippen LogP contribution in [0.3, 0.4) is 0 Å². The van der Waals surface area contributed by atoms with Crippen molar-refractivity contribution in [3.05, 3.63) is 38.3 Å². The summed E-state index contributed by atoms with van der Waals surface area (Å²) in [6.45, 7) is 5.08. The first-order valence-electron chi connectivity index (χ1n) is 6.44. The van der Waals surface area contributed by atoms with Gasteiger partial charge in [0.05, 0.1) is 17.4 Å². The van der Waals surface area contributed by atoms with Gasteiger partial charge in [-0.1, -0.05) is 6.92 Å². The number of nitrogens with zero attached hydrogens (tertiary/aromatic N) is 2. The first kappa shape index (κ1) is 14.7. The lowest BCUT2D eigenvalue weighted by Crippen LogP contribution is -2.31. The maximum Gasteiger partial charge on any atom is 0.0677 e. The van der Waals surface area contributed by atoms with E-state index in [9.17, 15) is 0 Å². The Balaban J connectivity index is 2.26. The van der Waals surface area contributed by atoms with Crippen molar-refractivity contribution in [3.8, 4) is 0 Å². The van der Waals surface area contributed by atoms with Crippen LogP contribution in [-0.4, -0.2) is 9.78 Å². The summed E-state index contributed by atoms with van der Waals surface area (Å²) in [5.41, 5.74) is 5.19. The Labute approximate surface area is 126 Å². The fourth-order valence-electron chi connectivity index (χ4n) is 2.10. The van der Waals surface area contributed by atoms with E-state index < -0.39 is 0 Å². The number of aromatic nitrogens is 2. The third-order valence-electron chi connectivity index (χ3n) is 3.16. The van der Waals surface area contributed by atoms with Crippen molar-refractivity contribution in [1.29, 1.82) is 0 Å². The highest BCUT2D eigenvalue weighted by Crippen LogP contribution is 2.28. The molecule has 1 atom stereocenters. The maximum absolute atomic E-state index is 5.74. The zero-order valence-corrected chi connectivity index (χ0v) is 13.6. The largest absolute Gasteiger partial charge is 0.271 e. The van der Waals surface area contributed by atoms with Crippen LogP contribution in [0.25, 0.3) is 0 Å². The van der Waals surface area contributed by atoms with Gasteiger partial charge in [-0.3, -0.25) is 16.0 Å². The fourth-order valence-corrected chi connectivity index (χ4v) is 3.66. The molecule has 2 aromatic rings. The normalized spacial score (nSPS) is 12.8. The lowest BCUT2D eigenvalue weighted by Gasteiger charge is -2.16. The summed E-state index contributed by atoms with van der Waals surface area (Å²) >= 11 is 5.31. The van der Waals surface area contributed by atoms with Gasteiger partial charge in [0, 0.05) is 22.3 Å². The molecule has 0 saturated carbocycles. The molecule has 2 aromatic heterocycles. The number of thiophene rings is 1. The van der Waals surface area contributed by atoms with Gasteiger partial charge < -0.3 is 0 Å². The fraction of sp³-hybridized carbons (Fsp3) is 0.462. The monoisotopic (exact) mass is 342 g/mol. The minimum Gasteiger partial charge on any atom is -0.271 e. The van der Waals surface area contributed by atoms with Crippen molar-refractivity contribution in [2.45, 2.75) is 39.3 Å². The molecule has 0 aliphatic heterocycles. The SMILES string of the molecule is CCc1cc(C(Cc2sccc2Br)NN)n(CC)n1. The molecule has 2 heterocycles. The Kier molecular flexibility index (Phi) is 5.15. The van der Waals surface area contributed by atoms with E-state index in [1.165, 1.54) is 4.88 Å². The minimum atomic E-state index is 0.0858. The number of nitrogens with one attached hydrogen (secondary N) is 1. The summed E-state index contributed by atoms with van der Waals surface area (Å²) in [4.78, 5) is 1.30. The zero-order chi connectivity index (χ0) is 13.8. The standard InChI is InChI=1S/C13H19BrN4S/c1-3-9-7-12(18(4-2)17-9)11(16-15)8-13-10(14)5-6-19-13/h5-7,11,16H,3-4,8,15H2,1-2H3. The Morgan fingerprint density at radius 1 is 1.53 bits per heavy atom. The van der Waals surface area contributed by atoms with Crippen LogP contribution in [0.5, 0.6) is 0 Å². The van der Waals surface area contributed by atoms with Crippen LogP contribution in [0.2, 0.25) is 0 Å². The summed E-state index contributed by atoms with van der Waals surface area (Å²) in [6.07, 6.45) is 1.81. The van der Waals surface area contributed by atoms with E-state index in [4.69, 9.17) is 5.84 Å². The van der Waals surface area contributed by atoms with Crippen LogP contribution in [0.15, 0.2) is 22.0 Å². The second kappa shape index (κ2) is 6.65. The molecule has 2 rings (SSSR count). The molecule has 0 saturated heterocycles. The molecule has 0 aliphatic rings. The molecule has 0 fully saturated rings. The predicted molar refractivity (Wildman–Crippen MR) is 83.1 cm³/mol. The van der Waals surface area contributed by atoms with E-state index in [-0.39, 0.29) is 6.04 Å². The molecule has 0 aliphatic carbocycles. The first-order valence-corrected chi connectivity index (χ1v) is 8.11. The van der Waals surface area contributed by atoms with Gasteiger partial charge in [-0.05, 0) is 46.8 Å². The van der Waals surface area contributed by atoms with Crippen molar-refractivity contribution in [2.24, 2.45) is 5.84 Å². The van der Waals surface area contributed by atoms with Crippen LogP contribution in [0.1, 0.15) is 36.2 Å². The highest BCUT2D eigenvalue weighted by atomic mass is 79.9. The predicted octanol–water partition coefficient (Wildman–Crippen LogP) is 3.04. The smallest absolute Gasteiger partial charge is 0.0677 e. The van der Waals surface area contributed by atoms with Crippen LogP contribution >= 0.6 is 27.3 Å². The molecule has 0 aromatic carbocycles. The van der Waals surface area contributed by atoms with Gasteiger partial charge in [0.15, 0.2) is 0 Å². The summed E-state index contributed by atoms with van der Waals surface area (Å²) in [7, 11) is 0. The average molecular weight is 343 g/mol. The molecule has 1 unspecified atom stereocenters. The molecule has 0 radical (unpaired) electrons. The quantitative estimate of drug-likeness (QED) is 0.626. The lowest BCUT2D eigenvalue weighted by atomic mass is 10.1. The molecule has 0 bridgehead atoms. The molecule has 3 N–H and O–H groups in total. The molecular weight excluding hydrogens is 324 g/mol. The summed E-state index contributed by atoms with van der Waals surface area (Å²) in [5.74, 6) is 5.74. The molecule has 0 amide bonds. The summed E-state index contributed by atoms with van der Waals surface area (Å²) in [5, 5.41) is 6.67. The van der Waals surface area contributed by atoms with Gasteiger partial charge in [0.1, 0.15) is 0 Å². The lowest BCUT2D eigenvalue weighted by molar-refractivity contribution is 0.491. The van der Waals surface area contributed by atoms with Crippen molar-refractivity contribution < 1.29 is 0 Å². The van der Waals surface area contributed by atoms with Crippen molar-refractivity contribution in [1.82, 2.24) is 15.2 Å². The minimum absolute atomic E-state index is 0.0858. The van der Waals surface area contributed by atoms with Crippen molar-refractivity contribution >= 4 is 27.3 Å². The molecule has 4 nitrogen and oxygen atoms in total. The molecule has 19 heavy (non-hydrogen) atoms. The topological polar surface area (TPSA) is 55.9 Å². The summed E-state index contributed by atoms with van der Waals surface area (Å²) < 4.78 is 3.18. The number of hydrogen-bond acceptors (Lipinski definition) is 4. The maximum atomic E-state index is 5.74. The highest BCUT2D eigenvalue weighted by Gasteiger charge is 2.18. The Hall–Kier alpha value is -0.690. The Bertz CT molecular complexity index is 534. The summed E-state index contributed by atoms with van der Waals surface area (Å²) in [6, 6.07) is 4.31. The van der Waals surface area contributed by atoms with Gasteiger partial charge in [-0.25, -0.2) is 0 Å². The van der Waals surface area contributed by atoms with Gasteiger partial charge >= 0.3 is 0 Å². The van der Waals surface area contributed by atoms with Crippen LogP contribution in [0, 0.1) is 0 Å². The van der Waals surface area contributed by atoms with E-state index in [2.05, 4.69) is 57.8 Å². The average Bonchev–Trinajstić information content (AvgIpc) is 3.02. The second-order valence-electron chi connectivity index (χ2n) is 4.34. The van der Waals surface area contributed by atoms with Gasteiger partial charge in [0.25, 0.3) is 0 Å². The van der Waals surface area contributed by atoms with Crippen molar-refractivity contribution in [2.75, 3.05) is 0 Å². The number of halogens is 1. The van der Waals surface area contributed by atoms with Gasteiger partial charge in [-0.15, -0.1) is 11.3 Å². The number of aryl methyl sites for hydroxylation is 2. The number of rotatable bonds is 6. The second-order valence-corrected chi connectivity index (χ2v) is 6.20. The Morgan fingerprint density at radius 2 is 2.32 bits per heavy atom. The Morgan fingerprint density at radius 3 is 2.84 bits per heavy atom. The molecular formula is C13H19BrN4S. The molecule has 6 heteroatoms. The number of hydrazine groups is 1.